The van der Waals surface area contributed by atoms with E-state index in [-0.39, 0.29) is 24.4 Å². The first-order valence-corrected chi connectivity index (χ1v) is 7.21. The SMILES string of the molecule is CCCCCC(C)(C)CNC(=O)NCC[C@H](O)C(=O)O. The van der Waals surface area contributed by atoms with E-state index in [0.717, 1.165) is 12.8 Å². The van der Waals surface area contributed by atoms with Crippen molar-refractivity contribution in [2.45, 2.75) is 59.0 Å². The van der Waals surface area contributed by atoms with Crippen molar-refractivity contribution < 1.29 is 19.8 Å². The molecule has 0 unspecified atom stereocenters. The van der Waals surface area contributed by atoms with Gasteiger partial charge in [-0.25, -0.2) is 9.59 Å². The first-order chi connectivity index (χ1) is 9.28. The number of hydrogen-bond donors (Lipinski definition) is 4. The smallest absolute Gasteiger partial charge is 0.332 e. The maximum atomic E-state index is 11.5. The summed E-state index contributed by atoms with van der Waals surface area (Å²) in [4.78, 5) is 21.9. The van der Waals surface area contributed by atoms with E-state index in [1.54, 1.807) is 0 Å². The number of carboxylic acid groups (broad SMARTS) is 1. The number of carboxylic acids is 1. The van der Waals surface area contributed by atoms with E-state index < -0.39 is 12.1 Å². The molecule has 0 aromatic heterocycles. The highest BCUT2D eigenvalue weighted by molar-refractivity contribution is 5.74. The zero-order valence-corrected chi connectivity index (χ0v) is 12.7. The average molecular weight is 288 g/mol. The predicted octanol–water partition coefficient (Wildman–Crippen LogP) is 1.73. The first-order valence-electron chi connectivity index (χ1n) is 7.21. The normalized spacial score (nSPS) is 12.8. The maximum Gasteiger partial charge on any atom is 0.332 e. The molecule has 0 fully saturated rings. The third-order valence-corrected chi connectivity index (χ3v) is 3.17. The van der Waals surface area contributed by atoms with Crippen LogP contribution in [0.25, 0.3) is 0 Å². The molecule has 6 heteroatoms. The molecule has 6 nitrogen and oxygen atoms in total. The number of unbranched alkanes of at least 4 members (excludes halogenated alkanes) is 2. The Morgan fingerprint density at radius 2 is 1.85 bits per heavy atom. The summed E-state index contributed by atoms with van der Waals surface area (Å²) in [6.07, 6.45) is 3.15. The topological polar surface area (TPSA) is 98.7 Å². The molecule has 0 saturated heterocycles. The molecular formula is C14H28N2O4. The van der Waals surface area contributed by atoms with Gasteiger partial charge in [-0.3, -0.25) is 0 Å². The zero-order chi connectivity index (χ0) is 15.6. The summed E-state index contributed by atoms with van der Waals surface area (Å²) in [7, 11) is 0. The first kappa shape index (κ1) is 18.7. The summed E-state index contributed by atoms with van der Waals surface area (Å²) >= 11 is 0. The number of amides is 2. The van der Waals surface area contributed by atoms with E-state index in [4.69, 9.17) is 10.2 Å². The van der Waals surface area contributed by atoms with Crippen LogP contribution < -0.4 is 10.6 Å². The minimum Gasteiger partial charge on any atom is -0.479 e. The Kier molecular flexibility index (Phi) is 8.96. The summed E-state index contributed by atoms with van der Waals surface area (Å²) in [6, 6.07) is -0.328. The van der Waals surface area contributed by atoms with Gasteiger partial charge in [0.25, 0.3) is 0 Å². The van der Waals surface area contributed by atoms with E-state index in [1.807, 2.05) is 0 Å². The predicted molar refractivity (Wildman–Crippen MR) is 77.6 cm³/mol. The lowest BCUT2D eigenvalue weighted by Gasteiger charge is -2.25. The van der Waals surface area contributed by atoms with Crippen LogP contribution in [0.15, 0.2) is 0 Å². The van der Waals surface area contributed by atoms with Crippen LogP contribution in [0.5, 0.6) is 0 Å². The molecule has 0 heterocycles. The van der Waals surface area contributed by atoms with Crippen molar-refractivity contribution in [2.24, 2.45) is 5.41 Å². The minimum absolute atomic E-state index is 0.00263. The largest absolute Gasteiger partial charge is 0.479 e. The van der Waals surface area contributed by atoms with Crippen molar-refractivity contribution in [1.82, 2.24) is 10.6 Å². The molecule has 0 aromatic carbocycles. The number of aliphatic carboxylic acids is 1. The van der Waals surface area contributed by atoms with E-state index in [2.05, 4.69) is 31.4 Å². The lowest BCUT2D eigenvalue weighted by Crippen LogP contribution is -2.42. The quantitative estimate of drug-likeness (QED) is 0.460. The molecule has 1 atom stereocenters. The van der Waals surface area contributed by atoms with Crippen molar-refractivity contribution in [1.29, 1.82) is 0 Å². The molecule has 4 N–H and O–H groups in total. The van der Waals surface area contributed by atoms with Crippen LogP contribution in [0.2, 0.25) is 0 Å². The second kappa shape index (κ2) is 9.58. The molecule has 20 heavy (non-hydrogen) atoms. The van der Waals surface area contributed by atoms with Gasteiger partial charge in [0, 0.05) is 19.5 Å². The number of aliphatic hydroxyl groups excluding tert-OH is 1. The van der Waals surface area contributed by atoms with Gasteiger partial charge >= 0.3 is 12.0 Å². The van der Waals surface area contributed by atoms with Gasteiger partial charge in [-0.1, -0.05) is 40.0 Å². The molecule has 0 aliphatic carbocycles. The number of rotatable bonds is 10. The molecule has 0 radical (unpaired) electrons. The summed E-state index contributed by atoms with van der Waals surface area (Å²) in [6.45, 7) is 7.08. The summed E-state index contributed by atoms with van der Waals surface area (Å²) < 4.78 is 0. The van der Waals surface area contributed by atoms with Crippen molar-refractivity contribution in [2.75, 3.05) is 13.1 Å². The van der Waals surface area contributed by atoms with Gasteiger partial charge in [-0.15, -0.1) is 0 Å². The van der Waals surface area contributed by atoms with Gasteiger partial charge in [-0.05, 0) is 11.8 Å². The van der Waals surface area contributed by atoms with E-state index >= 15 is 0 Å². The highest BCUT2D eigenvalue weighted by atomic mass is 16.4. The monoisotopic (exact) mass is 288 g/mol. The van der Waals surface area contributed by atoms with Crippen LogP contribution in [0.4, 0.5) is 4.79 Å². The molecular weight excluding hydrogens is 260 g/mol. The lowest BCUT2D eigenvalue weighted by molar-refractivity contribution is -0.146. The second-order valence-electron chi connectivity index (χ2n) is 5.87. The van der Waals surface area contributed by atoms with Crippen molar-refractivity contribution in [3.05, 3.63) is 0 Å². The third kappa shape index (κ3) is 9.61. The number of aliphatic hydroxyl groups is 1. The molecule has 2 amide bonds. The van der Waals surface area contributed by atoms with Gasteiger partial charge in [0.05, 0.1) is 0 Å². The Morgan fingerprint density at radius 3 is 2.40 bits per heavy atom. The molecule has 0 aliphatic heterocycles. The molecule has 0 spiro atoms. The van der Waals surface area contributed by atoms with Crippen LogP contribution in [-0.4, -0.2) is 41.4 Å². The molecule has 0 bridgehead atoms. The average Bonchev–Trinajstić information content (AvgIpc) is 2.36. The Hall–Kier alpha value is -1.30. The van der Waals surface area contributed by atoms with Crippen molar-refractivity contribution >= 4 is 12.0 Å². The van der Waals surface area contributed by atoms with Crippen molar-refractivity contribution in [3.63, 3.8) is 0 Å². The van der Waals surface area contributed by atoms with Crippen LogP contribution >= 0.6 is 0 Å². The van der Waals surface area contributed by atoms with Gasteiger partial charge in [0.2, 0.25) is 0 Å². The molecule has 0 saturated carbocycles. The summed E-state index contributed by atoms with van der Waals surface area (Å²) in [5, 5.41) is 22.8. The van der Waals surface area contributed by atoms with E-state index in [0.29, 0.717) is 6.54 Å². The number of nitrogens with one attached hydrogen (secondary N) is 2. The Labute approximate surface area is 120 Å². The van der Waals surface area contributed by atoms with E-state index in [1.165, 1.54) is 12.8 Å². The third-order valence-electron chi connectivity index (χ3n) is 3.17. The fraction of sp³-hybridized carbons (Fsp3) is 0.857. The number of carbonyl (C=O) groups excluding carboxylic acids is 1. The van der Waals surface area contributed by atoms with Gasteiger partial charge in [-0.2, -0.15) is 0 Å². The molecule has 118 valence electrons. The minimum atomic E-state index is -1.43. The van der Waals surface area contributed by atoms with Crippen LogP contribution in [0.1, 0.15) is 52.9 Å². The zero-order valence-electron chi connectivity index (χ0n) is 12.7. The number of hydrogen-bond acceptors (Lipinski definition) is 3. The van der Waals surface area contributed by atoms with Crippen LogP contribution in [0.3, 0.4) is 0 Å². The fourth-order valence-electron chi connectivity index (χ4n) is 1.77. The van der Waals surface area contributed by atoms with Crippen LogP contribution in [0, 0.1) is 5.41 Å². The van der Waals surface area contributed by atoms with Gasteiger partial charge in [0.15, 0.2) is 6.10 Å². The molecule has 0 aliphatic rings. The Morgan fingerprint density at radius 1 is 1.20 bits per heavy atom. The Bertz CT molecular complexity index is 306. The standard InChI is InChI=1S/C14H28N2O4/c1-4-5-6-8-14(2,3)10-16-13(20)15-9-7-11(17)12(18)19/h11,17H,4-10H2,1-3H3,(H,18,19)(H2,15,16,20)/t11-/m0/s1. The van der Waals surface area contributed by atoms with Gasteiger partial charge < -0.3 is 20.8 Å². The van der Waals surface area contributed by atoms with E-state index in [9.17, 15) is 9.59 Å². The van der Waals surface area contributed by atoms with Gasteiger partial charge in [0.1, 0.15) is 0 Å². The fourth-order valence-corrected chi connectivity index (χ4v) is 1.77. The molecule has 0 aromatic rings. The van der Waals surface area contributed by atoms with Crippen molar-refractivity contribution in [3.8, 4) is 0 Å². The Balaban J connectivity index is 3.78. The number of urea groups is 1. The maximum absolute atomic E-state index is 11.5. The highest BCUT2D eigenvalue weighted by Gasteiger charge is 2.18. The second-order valence-corrected chi connectivity index (χ2v) is 5.87. The highest BCUT2D eigenvalue weighted by Crippen LogP contribution is 2.22. The number of carbonyl (C=O) groups is 2. The van der Waals surface area contributed by atoms with Crippen LogP contribution in [-0.2, 0) is 4.79 Å². The summed E-state index contributed by atoms with van der Waals surface area (Å²) in [5.41, 5.74) is 0.0487. The summed E-state index contributed by atoms with van der Waals surface area (Å²) in [5.74, 6) is -1.27. The molecule has 0 rings (SSSR count). The lowest BCUT2D eigenvalue weighted by atomic mass is 9.87.